The van der Waals surface area contributed by atoms with Gasteiger partial charge in [0.15, 0.2) is 11.5 Å². The number of pyridine rings is 1. The molecule has 0 aromatic carbocycles. The minimum Gasteiger partial charge on any atom is -0.493 e. The monoisotopic (exact) mass is 305 g/mol. The second kappa shape index (κ2) is 3.92. The van der Waals surface area contributed by atoms with E-state index in [1.807, 2.05) is 6.07 Å². The molecule has 1 aliphatic carbocycles. The maximum Gasteiger partial charge on any atom is 0.182 e. The van der Waals surface area contributed by atoms with E-state index in [9.17, 15) is 0 Å². The van der Waals surface area contributed by atoms with Crippen LogP contribution in [0, 0.1) is 3.70 Å². The molecule has 1 saturated carbocycles. The first-order chi connectivity index (χ1) is 6.76. The van der Waals surface area contributed by atoms with Crippen molar-refractivity contribution in [3.05, 3.63) is 15.5 Å². The Bertz CT molecular complexity index is 350. The molecule has 76 valence electrons. The largest absolute Gasteiger partial charge is 0.493 e. The van der Waals surface area contributed by atoms with Gasteiger partial charge in [-0.1, -0.05) is 0 Å². The van der Waals surface area contributed by atoms with Crippen LogP contribution < -0.4 is 9.47 Å². The van der Waals surface area contributed by atoms with Crippen molar-refractivity contribution in [3.63, 3.8) is 0 Å². The third-order valence-electron chi connectivity index (χ3n) is 2.32. The lowest BCUT2D eigenvalue weighted by Gasteiger charge is -2.11. The Kier molecular flexibility index (Phi) is 2.80. The summed E-state index contributed by atoms with van der Waals surface area (Å²) < 4.78 is 11.6. The smallest absolute Gasteiger partial charge is 0.182 e. The highest BCUT2D eigenvalue weighted by Gasteiger charge is 2.30. The molecule has 1 heterocycles. The van der Waals surface area contributed by atoms with Gasteiger partial charge >= 0.3 is 0 Å². The Labute approximate surface area is 97.0 Å². The van der Waals surface area contributed by atoms with E-state index >= 15 is 0 Å². The van der Waals surface area contributed by atoms with Crippen LogP contribution in [-0.4, -0.2) is 19.2 Å². The van der Waals surface area contributed by atoms with Crippen molar-refractivity contribution in [1.82, 2.24) is 4.98 Å². The number of nitrogens with zero attached hydrogens (tertiary/aromatic N) is 1. The van der Waals surface area contributed by atoms with E-state index in [-0.39, 0.29) is 0 Å². The summed E-state index contributed by atoms with van der Waals surface area (Å²) in [5.41, 5.74) is 1.05. The van der Waals surface area contributed by atoms with Crippen molar-refractivity contribution in [1.29, 1.82) is 0 Å². The highest BCUT2D eigenvalue weighted by Crippen LogP contribution is 2.46. The molecule has 14 heavy (non-hydrogen) atoms. The molecule has 4 heteroatoms. The van der Waals surface area contributed by atoms with E-state index in [0.717, 1.165) is 20.9 Å². The van der Waals surface area contributed by atoms with Gasteiger partial charge in [-0.3, -0.25) is 0 Å². The van der Waals surface area contributed by atoms with Gasteiger partial charge in [0.1, 0.15) is 3.70 Å². The number of aromatic nitrogens is 1. The average molecular weight is 305 g/mol. The predicted molar refractivity (Wildman–Crippen MR) is 62.0 cm³/mol. The highest BCUT2D eigenvalue weighted by molar-refractivity contribution is 14.1. The van der Waals surface area contributed by atoms with Crippen molar-refractivity contribution in [2.45, 2.75) is 18.8 Å². The minimum atomic E-state index is 0.577. The van der Waals surface area contributed by atoms with Gasteiger partial charge in [0.2, 0.25) is 0 Å². The van der Waals surface area contributed by atoms with Gasteiger partial charge in [0, 0.05) is 12.0 Å². The summed E-state index contributed by atoms with van der Waals surface area (Å²) in [4.78, 5) is 4.50. The van der Waals surface area contributed by atoms with Crippen LogP contribution in [0.25, 0.3) is 0 Å². The van der Waals surface area contributed by atoms with E-state index in [1.165, 1.54) is 12.8 Å². The summed E-state index contributed by atoms with van der Waals surface area (Å²) in [6, 6.07) is 1.89. The van der Waals surface area contributed by atoms with Gasteiger partial charge < -0.3 is 9.47 Å². The third-order valence-corrected chi connectivity index (χ3v) is 2.87. The zero-order valence-electron chi connectivity index (χ0n) is 8.21. The fraction of sp³-hybridized carbons (Fsp3) is 0.500. The Morgan fingerprint density at radius 3 is 2.57 bits per heavy atom. The van der Waals surface area contributed by atoms with E-state index in [0.29, 0.717) is 5.92 Å². The first kappa shape index (κ1) is 10.0. The lowest BCUT2D eigenvalue weighted by molar-refractivity contribution is 0.349. The normalized spacial score (nSPS) is 15.4. The van der Waals surface area contributed by atoms with Crippen LogP contribution >= 0.6 is 22.6 Å². The Balaban J connectivity index is 2.49. The Morgan fingerprint density at radius 2 is 2.07 bits per heavy atom. The summed E-state index contributed by atoms with van der Waals surface area (Å²) in [5.74, 6) is 2.16. The molecule has 0 bridgehead atoms. The average Bonchev–Trinajstić information content (AvgIpc) is 2.99. The molecule has 1 aromatic heterocycles. The standard InChI is InChI=1S/C10H12INO2/c1-13-7-5-8(11)12-9(6-3-4-6)10(7)14-2/h5-6H,3-4H2,1-2H3. The highest BCUT2D eigenvalue weighted by atomic mass is 127. The van der Waals surface area contributed by atoms with Crippen LogP contribution in [0.4, 0.5) is 0 Å². The van der Waals surface area contributed by atoms with Gasteiger partial charge in [-0.15, -0.1) is 0 Å². The van der Waals surface area contributed by atoms with Gasteiger partial charge in [-0.25, -0.2) is 4.98 Å². The van der Waals surface area contributed by atoms with Gasteiger partial charge in [0.05, 0.1) is 19.9 Å². The summed E-state index contributed by atoms with van der Waals surface area (Å²) in [6.45, 7) is 0. The molecule has 1 fully saturated rings. The molecular formula is C10H12INO2. The molecule has 0 aliphatic heterocycles. The van der Waals surface area contributed by atoms with Crippen LogP contribution in [0.15, 0.2) is 6.07 Å². The second-order valence-corrected chi connectivity index (χ2v) is 4.45. The first-order valence-corrected chi connectivity index (χ1v) is 5.62. The van der Waals surface area contributed by atoms with E-state index in [1.54, 1.807) is 14.2 Å². The summed E-state index contributed by atoms with van der Waals surface area (Å²) in [6.07, 6.45) is 2.43. The number of ether oxygens (including phenoxy) is 2. The van der Waals surface area contributed by atoms with Gasteiger partial charge in [0.25, 0.3) is 0 Å². The SMILES string of the molecule is COc1cc(I)nc(C2CC2)c1OC. The zero-order valence-corrected chi connectivity index (χ0v) is 10.4. The third kappa shape index (κ3) is 1.80. The Morgan fingerprint density at radius 1 is 1.36 bits per heavy atom. The van der Waals surface area contributed by atoms with Gasteiger partial charge in [-0.2, -0.15) is 0 Å². The molecule has 0 spiro atoms. The molecule has 1 aromatic rings. The van der Waals surface area contributed by atoms with E-state index < -0.39 is 0 Å². The predicted octanol–water partition coefficient (Wildman–Crippen LogP) is 2.58. The Hall–Kier alpha value is -0.520. The van der Waals surface area contributed by atoms with Crippen molar-refractivity contribution >= 4 is 22.6 Å². The molecule has 1 aliphatic rings. The van der Waals surface area contributed by atoms with Crippen LogP contribution in [0.3, 0.4) is 0 Å². The molecule has 0 unspecified atom stereocenters. The van der Waals surface area contributed by atoms with Crippen molar-refractivity contribution in [2.24, 2.45) is 0 Å². The number of rotatable bonds is 3. The van der Waals surface area contributed by atoms with Crippen LogP contribution in [0.1, 0.15) is 24.5 Å². The number of methoxy groups -OCH3 is 2. The molecule has 2 rings (SSSR count). The number of hydrogen-bond donors (Lipinski definition) is 0. The first-order valence-electron chi connectivity index (χ1n) is 4.54. The molecule has 0 amide bonds. The molecular weight excluding hydrogens is 293 g/mol. The lowest BCUT2D eigenvalue weighted by Crippen LogP contribution is -1.99. The van der Waals surface area contributed by atoms with E-state index in [4.69, 9.17) is 9.47 Å². The van der Waals surface area contributed by atoms with E-state index in [2.05, 4.69) is 27.6 Å². The van der Waals surface area contributed by atoms with Crippen molar-refractivity contribution in [3.8, 4) is 11.5 Å². The summed E-state index contributed by atoms with van der Waals surface area (Å²) in [7, 11) is 3.32. The van der Waals surface area contributed by atoms with Gasteiger partial charge in [-0.05, 0) is 35.4 Å². The zero-order chi connectivity index (χ0) is 10.1. The second-order valence-electron chi connectivity index (χ2n) is 3.34. The molecule has 0 atom stereocenters. The van der Waals surface area contributed by atoms with Crippen LogP contribution in [0.5, 0.6) is 11.5 Å². The maximum atomic E-state index is 5.33. The molecule has 0 N–H and O–H groups in total. The molecule has 3 nitrogen and oxygen atoms in total. The molecule has 0 saturated heterocycles. The number of hydrogen-bond acceptors (Lipinski definition) is 3. The lowest BCUT2D eigenvalue weighted by atomic mass is 10.2. The quantitative estimate of drug-likeness (QED) is 0.635. The van der Waals surface area contributed by atoms with Crippen LogP contribution in [-0.2, 0) is 0 Å². The van der Waals surface area contributed by atoms with Crippen LogP contribution in [0.2, 0.25) is 0 Å². The van der Waals surface area contributed by atoms with Crippen molar-refractivity contribution in [2.75, 3.05) is 14.2 Å². The topological polar surface area (TPSA) is 31.4 Å². The summed E-state index contributed by atoms with van der Waals surface area (Å²) in [5, 5.41) is 0. The van der Waals surface area contributed by atoms with Crippen molar-refractivity contribution < 1.29 is 9.47 Å². The minimum absolute atomic E-state index is 0.577. The fourth-order valence-electron chi connectivity index (χ4n) is 1.49. The summed E-state index contributed by atoms with van der Waals surface area (Å²) >= 11 is 2.20. The number of halogens is 1. The fourth-order valence-corrected chi connectivity index (χ4v) is 2.03. The molecule has 0 radical (unpaired) electrons. The maximum absolute atomic E-state index is 5.33.